The molecule has 114 valence electrons. The lowest BCUT2D eigenvalue weighted by atomic mass is 10.0. The van der Waals surface area contributed by atoms with E-state index in [9.17, 15) is 4.79 Å². The molecule has 1 saturated heterocycles. The number of carbonyl (C=O) groups is 1. The molecule has 1 unspecified atom stereocenters. The van der Waals surface area contributed by atoms with Gasteiger partial charge in [0.1, 0.15) is 12.1 Å². The first-order valence-corrected chi connectivity index (χ1v) is 7.42. The molecule has 22 heavy (non-hydrogen) atoms. The van der Waals surface area contributed by atoms with E-state index in [2.05, 4.69) is 0 Å². The summed E-state index contributed by atoms with van der Waals surface area (Å²) in [5, 5.41) is 0. The molecular weight excluding hydrogens is 276 g/mol. The van der Waals surface area contributed by atoms with Crippen molar-refractivity contribution in [1.82, 2.24) is 4.90 Å². The molecule has 1 heterocycles. The molecule has 0 bridgehead atoms. The third-order valence-corrected chi connectivity index (χ3v) is 4.17. The summed E-state index contributed by atoms with van der Waals surface area (Å²) >= 11 is 0. The van der Waals surface area contributed by atoms with E-state index in [4.69, 9.17) is 10.5 Å². The summed E-state index contributed by atoms with van der Waals surface area (Å²) < 4.78 is 6.02. The molecule has 4 heteroatoms. The molecule has 4 nitrogen and oxygen atoms in total. The van der Waals surface area contributed by atoms with E-state index in [0.29, 0.717) is 6.61 Å². The lowest BCUT2D eigenvalue weighted by molar-refractivity contribution is -0.133. The fourth-order valence-corrected chi connectivity index (χ4v) is 2.87. The molecule has 0 radical (unpaired) electrons. The van der Waals surface area contributed by atoms with Crippen LogP contribution in [0.4, 0.5) is 0 Å². The Balaban J connectivity index is 1.90. The average Bonchev–Trinajstić information content (AvgIpc) is 2.68. The maximum absolute atomic E-state index is 12.6. The molecule has 0 aliphatic carbocycles. The van der Waals surface area contributed by atoms with Crippen molar-refractivity contribution in [2.75, 3.05) is 13.7 Å². The minimum absolute atomic E-state index is 0.0970. The molecule has 0 aromatic heterocycles. The smallest absolute Gasteiger partial charge is 0.242 e. The standard InChI is InChI=1S/C18H20N2O2/c1-20-15(13-8-4-2-5-9-13)12-22-17(16(19)18(20)21)14-10-6-3-7-11-14/h2-11,15-17H,12,19H2,1H3/t15-,16-,17?/m0/s1. The van der Waals surface area contributed by atoms with Crippen molar-refractivity contribution in [2.45, 2.75) is 18.2 Å². The molecule has 2 aromatic rings. The number of ether oxygens (including phenoxy) is 1. The van der Waals surface area contributed by atoms with Crippen LogP contribution in [0.2, 0.25) is 0 Å². The predicted octanol–water partition coefficient (Wildman–Crippen LogP) is 2.28. The number of amides is 1. The molecule has 1 amide bonds. The van der Waals surface area contributed by atoms with Gasteiger partial charge in [0.2, 0.25) is 5.91 Å². The first kappa shape index (κ1) is 14.8. The van der Waals surface area contributed by atoms with Gasteiger partial charge >= 0.3 is 0 Å². The van der Waals surface area contributed by atoms with Crippen molar-refractivity contribution in [2.24, 2.45) is 5.73 Å². The predicted molar refractivity (Wildman–Crippen MR) is 85.1 cm³/mol. The van der Waals surface area contributed by atoms with E-state index in [-0.39, 0.29) is 11.9 Å². The van der Waals surface area contributed by atoms with Crippen LogP contribution in [0.25, 0.3) is 0 Å². The fourth-order valence-electron chi connectivity index (χ4n) is 2.87. The van der Waals surface area contributed by atoms with Crippen LogP contribution in [0.15, 0.2) is 60.7 Å². The van der Waals surface area contributed by atoms with Gasteiger partial charge in [-0.1, -0.05) is 60.7 Å². The second-order valence-corrected chi connectivity index (χ2v) is 5.57. The molecule has 0 saturated carbocycles. The van der Waals surface area contributed by atoms with Crippen LogP contribution < -0.4 is 5.73 Å². The summed E-state index contributed by atoms with van der Waals surface area (Å²) in [7, 11) is 1.79. The van der Waals surface area contributed by atoms with Crippen LogP contribution in [0.5, 0.6) is 0 Å². The Kier molecular flexibility index (Phi) is 4.22. The number of likely N-dealkylation sites (N-methyl/N-ethyl adjacent to an activating group) is 1. The van der Waals surface area contributed by atoms with Gasteiger partial charge < -0.3 is 15.4 Å². The highest BCUT2D eigenvalue weighted by Crippen LogP contribution is 2.30. The van der Waals surface area contributed by atoms with E-state index in [1.165, 1.54) is 0 Å². The van der Waals surface area contributed by atoms with Crippen LogP contribution in [-0.4, -0.2) is 30.5 Å². The van der Waals surface area contributed by atoms with Gasteiger partial charge in [-0.2, -0.15) is 0 Å². The Morgan fingerprint density at radius 3 is 2.14 bits per heavy atom. The first-order chi connectivity index (χ1) is 10.7. The van der Waals surface area contributed by atoms with Crippen molar-refractivity contribution >= 4 is 5.91 Å². The van der Waals surface area contributed by atoms with Crippen LogP contribution >= 0.6 is 0 Å². The molecule has 3 rings (SSSR count). The van der Waals surface area contributed by atoms with Gasteiger partial charge in [-0.15, -0.1) is 0 Å². The van der Waals surface area contributed by atoms with Crippen LogP contribution in [0.1, 0.15) is 23.3 Å². The summed E-state index contributed by atoms with van der Waals surface area (Å²) in [5.74, 6) is -0.0970. The summed E-state index contributed by atoms with van der Waals surface area (Å²) in [6.07, 6.45) is -0.412. The Bertz CT molecular complexity index is 575. The van der Waals surface area contributed by atoms with E-state index in [1.54, 1.807) is 11.9 Å². The number of hydrogen-bond acceptors (Lipinski definition) is 3. The quantitative estimate of drug-likeness (QED) is 0.925. The van der Waals surface area contributed by atoms with Gasteiger partial charge in [-0.3, -0.25) is 4.79 Å². The van der Waals surface area contributed by atoms with Crippen LogP contribution in [-0.2, 0) is 9.53 Å². The van der Waals surface area contributed by atoms with Crippen molar-refractivity contribution in [3.05, 3.63) is 71.8 Å². The van der Waals surface area contributed by atoms with Crippen molar-refractivity contribution < 1.29 is 9.53 Å². The zero-order valence-corrected chi connectivity index (χ0v) is 12.6. The maximum atomic E-state index is 12.6. The largest absolute Gasteiger partial charge is 0.369 e. The van der Waals surface area contributed by atoms with E-state index in [1.807, 2.05) is 60.7 Å². The van der Waals surface area contributed by atoms with Crippen molar-refractivity contribution in [3.63, 3.8) is 0 Å². The second kappa shape index (κ2) is 6.30. The Hall–Kier alpha value is -2.17. The molecular formula is C18H20N2O2. The molecule has 2 N–H and O–H groups in total. The number of nitrogens with zero attached hydrogens (tertiary/aromatic N) is 1. The van der Waals surface area contributed by atoms with Gasteiger partial charge in [0.15, 0.2) is 0 Å². The van der Waals surface area contributed by atoms with Crippen LogP contribution in [0, 0.1) is 0 Å². The SMILES string of the molecule is CN1C(=O)[C@@H](N)C(c2ccccc2)OC[C@H]1c1ccccc1. The van der Waals surface area contributed by atoms with E-state index in [0.717, 1.165) is 11.1 Å². The third-order valence-electron chi connectivity index (χ3n) is 4.17. The molecule has 1 aliphatic rings. The zero-order chi connectivity index (χ0) is 15.5. The summed E-state index contributed by atoms with van der Waals surface area (Å²) in [4.78, 5) is 14.3. The topological polar surface area (TPSA) is 55.6 Å². The Labute approximate surface area is 130 Å². The minimum Gasteiger partial charge on any atom is -0.369 e. The van der Waals surface area contributed by atoms with Gasteiger partial charge in [-0.05, 0) is 11.1 Å². The normalized spacial score (nSPS) is 25.8. The Morgan fingerprint density at radius 2 is 1.55 bits per heavy atom. The number of rotatable bonds is 2. The Morgan fingerprint density at radius 1 is 1.00 bits per heavy atom. The summed E-state index contributed by atoms with van der Waals surface area (Å²) in [6, 6.07) is 18.8. The monoisotopic (exact) mass is 296 g/mol. The van der Waals surface area contributed by atoms with E-state index < -0.39 is 12.1 Å². The fraction of sp³-hybridized carbons (Fsp3) is 0.278. The summed E-state index contributed by atoms with van der Waals surface area (Å²) in [5.41, 5.74) is 8.16. The number of carbonyl (C=O) groups excluding carboxylic acids is 1. The maximum Gasteiger partial charge on any atom is 0.242 e. The highest BCUT2D eigenvalue weighted by atomic mass is 16.5. The highest BCUT2D eigenvalue weighted by molar-refractivity contribution is 5.83. The number of nitrogens with two attached hydrogens (primary N) is 1. The molecule has 2 aromatic carbocycles. The number of benzene rings is 2. The van der Waals surface area contributed by atoms with E-state index >= 15 is 0 Å². The molecule has 1 fully saturated rings. The lowest BCUT2D eigenvalue weighted by Gasteiger charge is -2.26. The number of hydrogen-bond donors (Lipinski definition) is 1. The molecule has 1 aliphatic heterocycles. The van der Waals surface area contributed by atoms with Gasteiger partial charge in [0.25, 0.3) is 0 Å². The van der Waals surface area contributed by atoms with Crippen LogP contribution in [0.3, 0.4) is 0 Å². The lowest BCUT2D eigenvalue weighted by Crippen LogP contribution is -2.44. The van der Waals surface area contributed by atoms with Crippen molar-refractivity contribution in [3.8, 4) is 0 Å². The molecule has 0 spiro atoms. The van der Waals surface area contributed by atoms with Gasteiger partial charge in [0, 0.05) is 7.05 Å². The van der Waals surface area contributed by atoms with Gasteiger partial charge in [-0.25, -0.2) is 0 Å². The summed E-state index contributed by atoms with van der Waals surface area (Å²) in [6.45, 7) is 0.430. The second-order valence-electron chi connectivity index (χ2n) is 5.57. The first-order valence-electron chi connectivity index (χ1n) is 7.42. The minimum atomic E-state index is -0.693. The third kappa shape index (κ3) is 2.75. The molecule has 3 atom stereocenters. The highest BCUT2D eigenvalue weighted by Gasteiger charge is 2.36. The van der Waals surface area contributed by atoms with Gasteiger partial charge in [0.05, 0.1) is 12.6 Å². The average molecular weight is 296 g/mol. The van der Waals surface area contributed by atoms with Crippen molar-refractivity contribution in [1.29, 1.82) is 0 Å². The zero-order valence-electron chi connectivity index (χ0n) is 12.6.